The van der Waals surface area contributed by atoms with E-state index in [0.29, 0.717) is 25.0 Å². The molecule has 8 heteroatoms. The third kappa shape index (κ3) is 5.60. The molecule has 0 aromatic heterocycles. The van der Waals surface area contributed by atoms with E-state index in [2.05, 4.69) is 10.6 Å². The molecule has 1 aromatic rings. The number of hydrogen-bond donors (Lipinski definition) is 2. The second-order valence-electron chi connectivity index (χ2n) is 6.66. The highest BCUT2D eigenvalue weighted by atomic mass is 19.4. The van der Waals surface area contributed by atoms with E-state index in [1.807, 2.05) is 0 Å². The van der Waals surface area contributed by atoms with Crippen molar-refractivity contribution in [3.05, 3.63) is 29.3 Å². The average molecular weight is 374 g/mol. The third-order valence-electron chi connectivity index (χ3n) is 4.52. The fourth-order valence-electron chi connectivity index (χ4n) is 3.08. The summed E-state index contributed by atoms with van der Waals surface area (Å²) in [7, 11) is 1.56. The summed E-state index contributed by atoms with van der Waals surface area (Å²) >= 11 is 0. The molecule has 5 nitrogen and oxygen atoms in total. The lowest BCUT2D eigenvalue weighted by Crippen LogP contribution is -2.50. The fourth-order valence-corrected chi connectivity index (χ4v) is 3.08. The number of rotatable bonds is 7. The zero-order chi connectivity index (χ0) is 19.2. The molecule has 2 N–H and O–H groups in total. The molecule has 1 saturated heterocycles. The molecule has 2 rings (SSSR count). The Bertz CT molecular complexity index is 609. The highest BCUT2D eigenvalue weighted by Gasteiger charge is 2.39. The molecule has 0 saturated carbocycles. The molecule has 1 aromatic carbocycles. The monoisotopic (exact) mass is 374 g/mol. The molecule has 146 valence electrons. The van der Waals surface area contributed by atoms with Crippen LogP contribution in [0.3, 0.4) is 0 Å². The number of ether oxygens (including phenoxy) is 2. The maximum atomic E-state index is 12.7. The number of hydrogen-bond acceptors (Lipinski definition) is 4. The normalized spacial score (nSPS) is 17.0. The van der Waals surface area contributed by atoms with Crippen LogP contribution in [0.1, 0.15) is 24.0 Å². The molecular formula is C18H25F3N2O3. The predicted octanol–water partition coefficient (Wildman–Crippen LogP) is 2.57. The summed E-state index contributed by atoms with van der Waals surface area (Å²) in [5.74, 6) is -0.0167. The Balaban J connectivity index is 2.06. The van der Waals surface area contributed by atoms with Gasteiger partial charge in [-0.15, -0.1) is 0 Å². The lowest BCUT2D eigenvalue weighted by molar-refractivity contribution is -0.153. The first kappa shape index (κ1) is 20.5. The number of carbonyl (C=O) groups is 1. The summed E-state index contributed by atoms with van der Waals surface area (Å²) in [4.78, 5) is 12.7. The van der Waals surface area contributed by atoms with Gasteiger partial charge in [0.15, 0.2) is 6.61 Å². The van der Waals surface area contributed by atoms with E-state index in [-0.39, 0.29) is 18.2 Å². The van der Waals surface area contributed by atoms with Gasteiger partial charge in [0, 0.05) is 19.2 Å². The second kappa shape index (κ2) is 8.73. The van der Waals surface area contributed by atoms with Gasteiger partial charge in [-0.3, -0.25) is 4.79 Å². The lowest BCUT2D eigenvalue weighted by atomic mass is 9.78. The van der Waals surface area contributed by atoms with E-state index < -0.39 is 18.2 Å². The van der Waals surface area contributed by atoms with Gasteiger partial charge in [-0.1, -0.05) is 12.1 Å². The number of amides is 1. The molecule has 0 bridgehead atoms. The summed E-state index contributed by atoms with van der Waals surface area (Å²) < 4.78 is 47.5. The van der Waals surface area contributed by atoms with Gasteiger partial charge in [0.05, 0.1) is 12.0 Å². The van der Waals surface area contributed by atoms with Crippen molar-refractivity contribution in [1.82, 2.24) is 10.6 Å². The van der Waals surface area contributed by atoms with Crippen molar-refractivity contribution in [2.75, 3.05) is 33.4 Å². The fraction of sp³-hybridized carbons (Fsp3) is 0.611. The van der Waals surface area contributed by atoms with Crippen LogP contribution < -0.4 is 15.4 Å². The smallest absolute Gasteiger partial charge is 0.422 e. The van der Waals surface area contributed by atoms with Crippen molar-refractivity contribution < 1.29 is 27.4 Å². The topological polar surface area (TPSA) is 59.6 Å². The molecule has 26 heavy (non-hydrogen) atoms. The van der Waals surface area contributed by atoms with Crippen molar-refractivity contribution in [3.8, 4) is 5.75 Å². The Kier molecular flexibility index (Phi) is 6.88. The maximum Gasteiger partial charge on any atom is 0.422 e. The van der Waals surface area contributed by atoms with Gasteiger partial charge in [0.2, 0.25) is 5.91 Å². The minimum Gasteiger partial charge on any atom is -0.484 e. The van der Waals surface area contributed by atoms with Crippen molar-refractivity contribution in [1.29, 1.82) is 0 Å². The molecule has 1 aliphatic heterocycles. The van der Waals surface area contributed by atoms with E-state index in [1.54, 1.807) is 32.2 Å². The first-order valence-electron chi connectivity index (χ1n) is 8.53. The van der Waals surface area contributed by atoms with E-state index >= 15 is 0 Å². The van der Waals surface area contributed by atoms with Crippen LogP contribution in [0, 0.1) is 12.3 Å². The number of alkyl halides is 3. The molecule has 1 amide bonds. The van der Waals surface area contributed by atoms with Crippen LogP contribution in [0.15, 0.2) is 18.2 Å². The minimum atomic E-state index is -4.41. The van der Waals surface area contributed by atoms with Crippen LogP contribution in [0.25, 0.3) is 0 Å². The van der Waals surface area contributed by atoms with Crippen molar-refractivity contribution in [2.24, 2.45) is 5.41 Å². The number of nitrogens with one attached hydrogen (secondary N) is 2. The van der Waals surface area contributed by atoms with Gasteiger partial charge in [0.25, 0.3) is 0 Å². The zero-order valence-corrected chi connectivity index (χ0v) is 15.0. The number of aryl methyl sites for hydroxylation is 1. The summed E-state index contributed by atoms with van der Waals surface area (Å²) in [6, 6.07) is 4.99. The van der Waals surface area contributed by atoms with E-state index in [4.69, 9.17) is 9.47 Å². The molecule has 0 aliphatic carbocycles. The lowest BCUT2D eigenvalue weighted by Gasteiger charge is -2.35. The van der Waals surface area contributed by atoms with Gasteiger partial charge >= 0.3 is 6.18 Å². The summed E-state index contributed by atoms with van der Waals surface area (Å²) in [5.41, 5.74) is 0.679. The SMILES string of the molecule is COCC1(C(=O)NCc2ccc(C)cc2OCC(F)(F)F)CCNCC1. The van der Waals surface area contributed by atoms with E-state index in [1.165, 1.54) is 0 Å². The summed E-state index contributed by atoms with van der Waals surface area (Å²) in [6.07, 6.45) is -3.11. The van der Waals surface area contributed by atoms with Crippen molar-refractivity contribution in [2.45, 2.75) is 32.5 Å². The van der Waals surface area contributed by atoms with Crippen LogP contribution in [0.4, 0.5) is 13.2 Å². The summed E-state index contributed by atoms with van der Waals surface area (Å²) in [5, 5.41) is 6.05. The Morgan fingerprint density at radius 3 is 2.62 bits per heavy atom. The highest BCUT2D eigenvalue weighted by Crippen LogP contribution is 2.30. The van der Waals surface area contributed by atoms with Crippen LogP contribution >= 0.6 is 0 Å². The predicted molar refractivity (Wildman–Crippen MR) is 91.0 cm³/mol. The standard InChI is InChI=1S/C18H25F3N2O3/c1-13-3-4-14(15(9-13)26-12-18(19,20)21)10-23-16(24)17(11-25-2)5-7-22-8-6-17/h3-4,9,22H,5-8,10-12H2,1-2H3,(H,23,24). The quantitative estimate of drug-likeness (QED) is 0.770. The van der Waals surface area contributed by atoms with Gasteiger partial charge < -0.3 is 20.1 Å². The largest absolute Gasteiger partial charge is 0.484 e. The number of piperidine rings is 1. The third-order valence-corrected chi connectivity index (χ3v) is 4.52. The van der Waals surface area contributed by atoms with Crippen LogP contribution in [-0.4, -0.2) is 45.5 Å². The maximum absolute atomic E-state index is 12.7. The van der Waals surface area contributed by atoms with E-state index in [9.17, 15) is 18.0 Å². The Morgan fingerprint density at radius 1 is 1.31 bits per heavy atom. The first-order chi connectivity index (χ1) is 12.3. The Labute approximate surface area is 151 Å². The molecule has 0 spiro atoms. The molecule has 1 heterocycles. The van der Waals surface area contributed by atoms with Crippen LogP contribution in [-0.2, 0) is 16.1 Å². The van der Waals surface area contributed by atoms with Gasteiger partial charge in [-0.25, -0.2) is 0 Å². The molecule has 0 atom stereocenters. The van der Waals surface area contributed by atoms with Gasteiger partial charge in [-0.2, -0.15) is 13.2 Å². The minimum absolute atomic E-state index is 0.102. The van der Waals surface area contributed by atoms with Crippen molar-refractivity contribution in [3.63, 3.8) is 0 Å². The number of carbonyl (C=O) groups excluding carboxylic acids is 1. The molecular weight excluding hydrogens is 349 g/mol. The van der Waals surface area contributed by atoms with Gasteiger partial charge in [0.1, 0.15) is 5.75 Å². The van der Waals surface area contributed by atoms with E-state index in [0.717, 1.165) is 18.7 Å². The molecule has 1 fully saturated rings. The highest BCUT2D eigenvalue weighted by molar-refractivity contribution is 5.83. The zero-order valence-electron chi connectivity index (χ0n) is 15.0. The first-order valence-corrected chi connectivity index (χ1v) is 8.53. The number of halogens is 3. The summed E-state index contributed by atoms with van der Waals surface area (Å²) in [6.45, 7) is 2.27. The van der Waals surface area contributed by atoms with Gasteiger partial charge in [-0.05, 0) is 44.5 Å². The molecule has 1 aliphatic rings. The average Bonchev–Trinajstić information content (AvgIpc) is 2.59. The molecule has 0 unspecified atom stereocenters. The van der Waals surface area contributed by atoms with Crippen LogP contribution in [0.5, 0.6) is 5.75 Å². The Morgan fingerprint density at radius 2 is 2.00 bits per heavy atom. The number of methoxy groups -OCH3 is 1. The Hall–Kier alpha value is -1.80. The van der Waals surface area contributed by atoms with Crippen molar-refractivity contribution >= 4 is 5.91 Å². The molecule has 0 radical (unpaired) electrons. The van der Waals surface area contributed by atoms with Crippen LogP contribution in [0.2, 0.25) is 0 Å². The number of benzene rings is 1. The second-order valence-corrected chi connectivity index (χ2v) is 6.66.